The lowest BCUT2D eigenvalue weighted by Gasteiger charge is -2.36. The molecule has 28 heavy (non-hydrogen) atoms. The summed E-state index contributed by atoms with van der Waals surface area (Å²) in [6.07, 6.45) is 0.740. The number of aromatic amines is 1. The Kier molecular flexibility index (Phi) is 4.92. The van der Waals surface area contributed by atoms with Gasteiger partial charge in [0.05, 0.1) is 6.04 Å². The predicted octanol–water partition coefficient (Wildman–Crippen LogP) is 1.75. The molecule has 1 amide bonds. The first kappa shape index (κ1) is 18.0. The number of H-pyrrole nitrogens is 1. The first-order valence-corrected chi connectivity index (χ1v) is 9.00. The number of carbonyl (C=O) groups is 1. The Hall–Kier alpha value is -3.43. The van der Waals surface area contributed by atoms with Gasteiger partial charge in [-0.3, -0.25) is 9.69 Å². The molecule has 1 saturated heterocycles. The van der Waals surface area contributed by atoms with Gasteiger partial charge in [-0.1, -0.05) is 30.3 Å². The van der Waals surface area contributed by atoms with Crippen molar-refractivity contribution in [2.45, 2.75) is 31.4 Å². The minimum atomic E-state index is -0.425. The largest absolute Gasteiger partial charge is 0.445 e. The number of aromatic nitrogens is 5. The fraction of sp³-hybridized carbons (Fsp3) is 0.389. The fourth-order valence-corrected chi connectivity index (χ4v) is 3.51. The van der Waals surface area contributed by atoms with Gasteiger partial charge in [0, 0.05) is 25.6 Å². The molecule has 4 rings (SSSR count). The van der Waals surface area contributed by atoms with E-state index in [1.807, 2.05) is 30.3 Å². The third kappa shape index (κ3) is 3.66. The molecule has 2 aromatic heterocycles. The number of aryl methyl sites for hydroxylation is 1. The van der Waals surface area contributed by atoms with Crippen molar-refractivity contribution in [1.82, 2.24) is 30.3 Å². The van der Waals surface area contributed by atoms with E-state index in [0.717, 1.165) is 5.56 Å². The van der Waals surface area contributed by atoms with Gasteiger partial charge in [0.1, 0.15) is 12.4 Å². The highest BCUT2D eigenvalue weighted by Gasteiger charge is 2.38. The second-order valence-electron chi connectivity index (χ2n) is 6.75. The quantitative estimate of drug-likeness (QED) is 0.728. The van der Waals surface area contributed by atoms with Crippen LogP contribution in [-0.4, -0.2) is 42.9 Å². The molecule has 0 spiro atoms. The highest BCUT2D eigenvalue weighted by molar-refractivity contribution is 5.68. The smallest absolute Gasteiger partial charge is 0.410 e. The Balaban J connectivity index is 1.52. The zero-order valence-electron chi connectivity index (χ0n) is 15.3. The molecule has 0 bridgehead atoms. The average Bonchev–Trinajstić information content (AvgIpc) is 3.34. The van der Waals surface area contributed by atoms with E-state index in [1.165, 1.54) is 10.7 Å². The van der Waals surface area contributed by atoms with Crippen molar-refractivity contribution in [3.05, 3.63) is 63.9 Å². The SMILES string of the molecule is Cn1nnnc1C1CC(c2cc(=O)[nH]o2)CCN1C(=O)OCc1ccccc1. The van der Waals surface area contributed by atoms with Crippen LogP contribution in [0.15, 0.2) is 45.7 Å². The van der Waals surface area contributed by atoms with E-state index in [0.29, 0.717) is 31.0 Å². The third-order valence-electron chi connectivity index (χ3n) is 4.94. The maximum Gasteiger partial charge on any atom is 0.410 e. The summed E-state index contributed by atoms with van der Waals surface area (Å²) in [4.78, 5) is 25.8. The van der Waals surface area contributed by atoms with Gasteiger partial charge in [-0.15, -0.1) is 5.10 Å². The average molecular weight is 384 g/mol. The lowest BCUT2D eigenvalue weighted by molar-refractivity contribution is 0.0585. The standard InChI is InChI=1S/C18H20N6O4/c1-23-17(19-21-22-23)14-9-13(15-10-16(25)20-28-15)7-8-24(14)18(26)27-11-12-5-3-2-4-6-12/h2-6,10,13-14H,7-9,11H2,1H3,(H,20,25). The zero-order chi connectivity index (χ0) is 19.5. The van der Waals surface area contributed by atoms with Crippen LogP contribution in [0.2, 0.25) is 0 Å². The molecule has 146 valence electrons. The summed E-state index contributed by atoms with van der Waals surface area (Å²) in [7, 11) is 1.73. The number of carbonyl (C=O) groups excluding carboxylic acids is 1. The van der Waals surface area contributed by atoms with E-state index in [1.54, 1.807) is 11.9 Å². The molecule has 1 aliphatic heterocycles. The minimum absolute atomic E-state index is 0.0289. The van der Waals surface area contributed by atoms with Gasteiger partial charge in [-0.25, -0.2) is 9.48 Å². The molecule has 3 aromatic rings. The van der Waals surface area contributed by atoms with Crippen LogP contribution in [0.3, 0.4) is 0 Å². The number of ether oxygens (including phenoxy) is 1. The summed E-state index contributed by atoms with van der Waals surface area (Å²) >= 11 is 0. The number of benzene rings is 1. The van der Waals surface area contributed by atoms with Gasteiger partial charge < -0.3 is 9.26 Å². The number of rotatable bonds is 4. The van der Waals surface area contributed by atoms with Gasteiger partial charge in [0.15, 0.2) is 5.82 Å². The van der Waals surface area contributed by atoms with Gasteiger partial charge in [0.2, 0.25) is 0 Å². The summed E-state index contributed by atoms with van der Waals surface area (Å²) in [6, 6.07) is 10.6. The Labute approximate surface area is 160 Å². The summed E-state index contributed by atoms with van der Waals surface area (Å²) < 4.78 is 12.3. The van der Waals surface area contributed by atoms with E-state index in [-0.39, 0.29) is 24.1 Å². The summed E-state index contributed by atoms with van der Waals surface area (Å²) in [5.41, 5.74) is 0.633. The highest BCUT2D eigenvalue weighted by atomic mass is 16.6. The Morgan fingerprint density at radius 2 is 2.18 bits per heavy atom. The zero-order valence-corrected chi connectivity index (χ0v) is 15.3. The van der Waals surface area contributed by atoms with Crippen molar-refractivity contribution in [3.63, 3.8) is 0 Å². The maximum absolute atomic E-state index is 12.8. The number of nitrogens with one attached hydrogen (secondary N) is 1. The highest BCUT2D eigenvalue weighted by Crippen LogP contribution is 2.38. The van der Waals surface area contributed by atoms with Crippen LogP contribution >= 0.6 is 0 Å². The Morgan fingerprint density at radius 1 is 1.36 bits per heavy atom. The molecule has 10 nitrogen and oxygen atoms in total. The van der Waals surface area contributed by atoms with E-state index in [4.69, 9.17) is 9.26 Å². The maximum atomic E-state index is 12.8. The van der Waals surface area contributed by atoms with Crippen molar-refractivity contribution in [2.24, 2.45) is 7.05 Å². The van der Waals surface area contributed by atoms with Crippen molar-refractivity contribution in [1.29, 1.82) is 0 Å². The third-order valence-corrected chi connectivity index (χ3v) is 4.94. The minimum Gasteiger partial charge on any atom is -0.445 e. The lowest BCUT2D eigenvalue weighted by atomic mass is 9.88. The molecule has 2 unspecified atom stereocenters. The Morgan fingerprint density at radius 3 is 2.86 bits per heavy atom. The molecular weight excluding hydrogens is 364 g/mol. The molecule has 0 radical (unpaired) electrons. The molecule has 3 heterocycles. The van der Waals surface area contributed by atoms with Crippen LogP contribution in [-0.2, 0) is 18.4 Å². The molecule has 0 saturated carbocycles. The van der Waals surface area contributed by atoms with Gasteiger partial charge in [-0.2, -0.15) is 5.16 Å². The van der Waals surface area contributed by atoms with Crippen LogP contribution in [0, 0.1) is 0 Å². The number of likely N-dealkylation sites (tertiary alicyclic amines) is 1. The molecule has 1 aromatic carbocycles. The van der Waals surface area contributed by atoms with Crippen molar-refractivity contribution >= 4 is 6.09 Å². The van der Waals surface area contributed by atoms with Crippen LogP contribution in [0.4, 0.5) is 4.79 Å². The number of hydrogen-bond donors (Lipinski definition) is 1. The van der Waals surface area contributed by atoms with Crippen LogP contribution in [0.25, 0.3) is 0 Å². The van der Waals surface area contributed by atoms with Crippen LogP contribution in [0.1, 0.15) is 41.9 Å². The van der Waals surface area contributed by atoms with Crippen molar-refractivity contribution < 1.29 is 14.1 Å². The number of amides is 1. The molecule has 1 fully saturated rings. The molecule has 1 aliphatic rings. The second-order valence-corrected chi connectivity index (χ2v) is 6.75. The van der Waals surface area contributed by atoms with Gasteiger partial charge >= 0.3 is 6.09 Å². The van der Waals surface area contributed by atoms with Crippen molar-refractivity contribution in [3.8, 4) is 0 Å². The van der Waals surface area contributed by atoms with Crippen molar-refractivity contribution in [2.75, 3.05) is 6.54 Å². The first-order chi connectivity index (χ1) is 13.6. The molecule has 10 heteroatoms. The number of nitrogens with zero attached hydrogens (tertiary/aromatic N) is 5. The van der Waals surface area contributed by atoms with Gasteiger partial charge in [0.25, 0.3) is 5.56 Å². The summed E-state index contributed by atoms with van der Waals surface area (Å²) in [5.74, 6) is 1.10. The van der Waals surface area contributed by atoms with E-state index < -0.39 is 6.09 Å². The van der Waals surface area contributed by atoms with Crippen LogP contribution in [0.5, 0.6) is 0 Å². The van der Waals surface area contributed by atoms with Gasteiger partial charge in [-0.05, 0) is 28.8 Å². The summed E-state index contributed by atoms with van der Waals surface area (Å²) in [5, 5.41) is 14.0. The van der Waals surface area contributed by atoms with E-state index in [2.05, 4.69) is 20.7 Å². The second kappa shape index (κ2) is 7.67. The fourth-order valence-electron chi connectivity index (χ4n) is 3.51. The number of hydrogen-bond acceptors (Lipinski definition) is 7. The Bertz CT molecular complexity index is 995. The number of piperidine rings is 1. The molecule has 0 aliphatic carbocycles. The number of tetrazole rings is 1. The molecule has 1 N–H and O–H groups in total. The van der Waals surface area contributed by atoms with E-state index >= 15 is 0 Å². The van der Waals surface area contributed by atoms with E-state index in [9.17, 15) is 9.59 Å². The molecule has 2 atom stereocenters. The monoisotopic (exact) mass is 384 g/mol. The predicted molar refractivity (Wildman–Crippen MR) is 96.2 cm³/mol. The topological polar surface area (TPSA) is 119 Å². The summed E-state index contributed by atoms with van der Waals surface area (Å²) in [6.45, 7) is 0.626. The normalized spacial score (nSPS) is 19.5. The first-order valence-electron chi connectivity index (χ1n) is 9.00. The lowest BCUT2D eigenvalue weighted by Crippen LogP contribution is -2.41. The van der Waals surface area contributed by atoms with Crippen LogP contribution < -0.4 is 5.56 Å². The molecular formula is C18H20N6O4.